The number of aromatic nitrogens is 1. The molecule has 2 aliphatic heterocycles. The molecule has 0 spiro atoms. The molecule has 2 saturated heterocycles. The largest absolute Gasteiger partial charge is 0.490 e. The van der Waals surface area contributed by atoms with Gasteiger partial charge in [-0.1, -0.05) is 18.2 Å². The smallest absolute Gasteiger partial charge is 0.475 e. The Bertz CT molecular complexity index is 938. The molecule has 2 aliphatic rings. The minimum absolute atomic E-state index is 0.0120. The molecule has 0 unspecified atom stereocenters. The summed E-state index contributed by atoms with van der Waals surface area (Å²) in [5.41, 5.74) is 1.54. The number of alkyl halides is 3. The molecule has 7 nitrogen and oxygen atoms in total. The standard InChI is InChI=1S/C19H19N3O2.C2HF3O2/c23-18-9-8-16-17(22(18)15-6-2-1-3-7-15)10-12-21(16)19(24)14-5-4-11-20-13-14;3-2(4,5)1(6)7/h1-7,11,13,16-17H,8-10,12H2;(H,6,7)/t16-,17-;/m0./s1. The second-order valence-corrected chi connectivity index (χ2v) is 7.10. The number of anilines is 1. The summed E-state index contributed by atoms with van der Waals surface area (Å²) in [6, 6.07) is 13.5. The molecule has 3 heterocycles. The Morgan fingerprint density at radius 2 is 1.71 bits per heavy atom. The molecule has 2 aromatic rings. The highest BCUT2D eigenvalue weighted by Gasteiger charge is 2.45. The fourth-order valence-corrected chi connectivity index (χ4v) is 3.89. The number of carbonyl (C=O) groups excluding carboxylic acids is 2. The van der Waals surface area contributed by atoms with Gasteiger partial charge in [-0.15, -0.1) is 0 Å². The maximum absolute atomic E-state index is 12.8. The molecule has 164 valence electrons. The van der Waals surface area contributed by atoms with E-state index in [1.54, 1.807) is 24.5 Å². The van der Waals surface area contributed by atoms with E-state index in [4.69, 9.17) is 9.90 Å². The Kier molecular flexibility index (Phi) is 6.57. The number of pyridine rings is 1. The number of nitrogens with zero attached hydrogens (tertiary/aromatic N) is 3. The van der Waals surface area contributed by atoms with Gasteiger partial charge in [0.15, 0.2) is 0 Å². The van der Waals surface area contributed by atoms with Gasteiger partial charge in [-0.2, -0.15) is 13.2 Å². The first-order valence-corrected chi connectivity index (χ1v) is 9.58. The molecule has 1 aromatic heterocycles. The molecular formula is C21H20F3N3O4. The monoisotopic (exact) mass is 435 g/mol. The number of hydrogen-bond donors (Lipinski definition) is 1. The summed E-state index contributed by atoms with van der Waals surface area (Å²) < 4.78 is 31.7. The normalized spacial score (nSPS) is 20.5. The van der Waals surface area contributed by atoms with Gasteiger partial charge in [-0.3, -0.25) is 14.6 Å². The van der Waals surface area contributed by atoms with Gasteiger partial charge in [0.25, 0.3) is 5.91 Å². The van der Waals surface area contributed by atoms with E-state index in [1.807, 2.05) is 40.1 Å². The first-order chi connectivity index (χ1) is 14.7. The van der Waals surface area contributed by atoms with Crippen molar-refractivity contribution in [3.63, 3.8) is 0 Å². The molecule has 2 fully saturated rings. The second-order valence-electron chi connectivity index (χ2n) is 7.10. The summed E-state index contributed by atoms with van der Waals surface area (Å²) in [6.07, 6.45) is 0.224. The van der Waals surface area contributed by atoms with E-state index >= 15 is 0 Å². The highest BCUT2D eigenvalue weighted by atomic mass is 19.4. The van der Waals surface area contributed by atoms with Crippen LogP contribution < -0.4 is 4.90 Å². The van der Waals surface area contributed by atoms with Crippen LogP contribution in [0.4, 0.5) is 18.9 Å². The summed E-state index contributed by atoms with van der Waals surface area (Å²) >= 11 is 0. The maximum Gasteiger partial charge on any atom is 0.490 e. The Hall–Kier alpha value is -3.43. The van der Waals surface area contributed by atoms with Gasteiger partial charge in [0, 0.05) is 31.0 Å². The van der Waals surface area contributed by atoms with Crippen molar-refractivity contribution < 1.29 is 32.7 Å². The number of hydrogen-bond acceptors (Lipinski definition) is 4. The van der Waals surface area contributed by atoms with Crippen LogP contribution in [-0.2, 0) is 9.59 Å². The van der Waals surface area contributed by atoms with E-state index in [1.165, 1.54) is 0 Å². The van der Waals surface area contributed by atoms with Crippen molar-refractivity contribution in [2.24, 2.45) is 0 Å². The lowest BCUT2D eigenvalue weighted by Gasteiger charge is -2.39. The fourth-order valence-electron chi connectivity index (χ4n) is 3.89. The van der Waals surface area contributed by atoms with E-state index < -0.39 is 12.1 Å². The Morgan fingerprint density at radius 1 is 1.03 bits per heavy atom. The third-order valence-corrected chi connectivity index (χ3v) is 5.21. The predicted molar refractivity (Wildman–Crippen MR) is 104 cm³/mol. The lowest BCUT2D eigenvalue weighted by atomic mass is 9.95. The van der Waals surface area contributed by atoms with E-state index in [-0.39, 0.29) is 23.9 Å². The van der Waals surface area contributed by atoms with Gasteiger partial charge >= 0.3 is 12.1 Å². The van der Waals surface area contributed by atoms with Gasteiger partial charge in [0.2, 0.25) is 5.91 Å². The zero-order valence-electron chi connectivity index (χ0n) is 16.3. The topological polar surface area (TPSA) is 90.8 Å². The number of benzene rings is 1. The van der Waals surface area contributed by atoms with Crippen molar-refractivity contribution in [3.8, 4) is 0 Å². The first-order valence-electron chi connectivity index (χ1n) is 9.58. The van der Waals surface area contributed by atoms with Crippen molar-refractivity contribution in [2.75, 3.05) is 11.4 Å². The summed E-state index contributed by atoms with van der Waals surface area (Å²) in [5, 5.41) is 7.12. The number of carbonyl (C=O) groups is 3. The molecule has 1 aromatic carbocycles. The van der Waals surface area contributed by atoms with E-state index in [0.29, 0.717) is 18.5 Å². The third kappa shape index (κ3) is 5.01. The molecule has 0 radical (unpaired) electrons. The Balaban J connectivity index is 0.000000339. The summed E-state index contributed by atoms with van der Waals surface area (Å²) in [4.78, 5) is 42.1. The van der Waals surface area contributed by atoms with Gasteiger partial charge in [0.05, 0.1) is 17.6 Å². The predicted octanol–water partition coefficient (Wildman–Crippen LogP) is 3.13. The van der Waals surface area contributed by atoms with Crippen LogP contribution in [0.3, 0.4) is 0 Å². The lowest BCUT2D eigenvalue weighted by molar-refractivity contribution is -0.192. The summed E-state index contributed by atoms with van der Waals surface area (Å²) in [7, 11) is 0. The number of amides is 2. The minimum Gasteiger partial charge on any atom is -0.475 e. The summed E-state index contributed by atoms with van der Waals surface area (Å²) in [6.45, 7) is 0.680. The lowest BCUT2D eigenvalue weighted by Crippen LogP contribution is -2.53. The van der Waals surface area contributed by atoms with Crippen LogP contribution in [-0.4, -0.2) is 57.6 Å². The maximum atomic E-state index is 12.8. The number of aliphatic carboxylic acids is 1. The molecule has 31 heavy (non-hydrogen) atoms. The average Bonchev–Trinajstić information content (AvgIpc) is 3.18. The first kappa shape index (κ1) is 22.3. The number of likely N-dealkylation sites (tertiary alicyclic amines) is 1. The zero-order chi connectivity index (χ0) is 22.6. The van der Waals surface area contributed by atoms with Crippen molar-refractivity contribution >= 4 is 23.5 Å². The highest BCUT2D eigenvalue weighted by Crippen LogP contribution is 2.35. The number of halogens is 3. The van der Waals surface area contributed by atoms with Crippen LogP contribution in [0.15, 0.2) is 54.9 Å². The molecule has 2 amide bonds. The number of para-hydroxylation sites is 1. The van der Waals surface area contributed by atoms with Gasteiger partial charge in [0.1, 0.15) is 0 Å². The van der Waals surface area contributed by atoms with Crippen molar-refractivity contribution in [1.82, 2.24) is 9.88 Å². The molecule has 1 N–H and O–H groups in total. The van der Waals surface area contributed by atoms with Crippen LogP contribution >= 0.6 is 0 Å². The van der Waals surface area contributed by atoms with Crippen molar-refractivity contribution in [3.05, 3.63) is 60.4 Å². The number of rotatable bonds is 2. The van der Waals surface area contributed by atoms with Crippen molar-refractivity contribution in [1.29, 1.82) is 0 Å². The van der Waals surface area contributed by atoms with Crippen molar-refractivity contribution in [2.45, 2.75) is 37.5 Å². The Morgan fingerprint density at radius 3 is 2.29 bits per heavy atom. The van der Waals surface area contributed by atoms with Crippen LogP contribution in [0.2, 0.25) is 0 Å². The van der Waals surface area contributed by atoms with Crippen LogP contribution in [0.1, 0.15) is 29.6 Å². The van der Waals surface area contributed by atoms with Gasteiger partial charge < -0.3 is 14.9 Å². The Labute approximate surface area is 176 Å². The average molecular weight is 435 g/mol. The number of fused-ring (bicyclic) bond motifs is 1. The fraction of sp³-hybridized carbons (Fsp3) is 0.333. The highest BCUT2D eigenvalue weighted by molar-refractivity contribution is 5.97. The van der Waals surface area contributed by atoms with Gasteiger partial charge in [-0.25, -0.2) is 4.79 Å². The molecule has 10 heteroatoms. The number of piperidine rings is 1. The SMILES string of the molecule is O=C(O)C(F)(F)F.O=C(c1cccnc1)N1CC[C@H]2[C@@H]1CCC(=O)N2c1ccccc1. The minimum atomic E-state index is -5.08. The molecule has 2 atom stereocenters. The third-order valence-electron chi connectivity index (χ3n) is 5.21. The number of carboxylic acids is 1. The quantitative estimate of drug-likeness (QED) is 0.783. The summed E-state index contributed by atoms with van der Waals surface area (Å²) in [5.74, 6) is -2.59. The molecular weight excluding hydrogens is 415 g/mol. The molecule has 0 aliphatic carbocycles. The van der Waals surface area contributed by atoms with Gasteiger partial charge in [-0.05, 0) is 37.1 Å². The van der Waals surface area contributed by atoms with Crippen LogP contribution in [0.5, 0.6) is 0 Å². The van der Waals surface area contributed by atoms with E-state index in [0.717, 1.165) is 18.5 Å². The molecule has 0 bridgehead atoms. The zero-order valence-corrected chi connectivity index (χ0v) is 16.3. The van der Waals surface area contributed by atoms with E-state index in [9.17, 15) is 22.8 Å². The second kappa shape index (κ2) is 9.15. The van der Waals surface area contributed by atoms with E-state index in [2.05, 4.69) is 4.98 Å². The van der Waals surface area contributed by atoms with Crippen LogP contribution in [0.25, 0.3) is 0 Å². The molecule has 4 rings (SSSR count). The van der Waals surface area contributed by atoms with Crippen LogP contribution in [0, 0.1) is 0 Å². The number of carboxylic acid groups (broad SMARTS) is 1. The molecule has 0 saturated carbocycles.